The molecule has 1 saturated heterocycles. The van der Waals surface area contributed by atoms with Gasteiger partial charge < -0.3 is 5.32 Å². The highest BCUT2D eigenvalue weighted by atomic mass is 32.2. The van der Waals surface area contributed by atoms with Crippen molar-refractivity contribution in [1.29, 1.82) is 0 Å². The smallest absolute Gasteiger partial charge is 0.150 e. The van der Waals surface area contributed by atoms with Gasteiger partial charge in [0.15, 0.2) is 9.84 Å². The summed E-state index contributed by atoms with van der Waals surface area (Å²) in [4.78, 5) is 0. The maximum atomic E-state index is 13.8. The molecule has 1 fully saturated rings. The summed E-state index contributed by atoms with van der Waals surface area (Å²) in [6, 6.07) is 6.76. The summed E-state index contributed by atoms with van der Waals surface area (Å²) in [6.45, 7) is 2.90. The van der Waals surface area contributed by atoms with Crippen LogP contribution in [0.4, 0.5) is 4.39 Å². The van der Waals surface area contributed by atoms with Gasteiger partial charge in [0.1, 0.15) is 5.82 Å². The average molecular weight is 299 g/mol. The molecule has 5 heteroatoms. The van der Waals surface area contributed by atoms with E-state index in [-0.39, 0.29) is 29.3 Å². The lowest BCUT2D eigenvalue weighted by Crippen LogP contribution is -2.39. The van der Waals surface area contributed by atoms with E-state index in [1.54, 1.807) is 12.1 Å². The third kappa shape index (κ3) is 4.03. The topological polar surface area (TPSA) is 46.2 Å². The van der Waals surface area contributed by atoms with Crippen LogP contribution in [0.5, 0.6) is 0 Å². The molecule has 0 saturated carbocycles. The van der Waals surface area contributed by atoms with Gasteiger partial charge in [-0.2, -0.15) is 0 Å². The second-order valence-corrected chi connectivity index (χ2v) is 7.75. The third-order valence-electron chi connectivity index (χ3n) is 3.89. The van der Waals surface area contributed by atoms with Crippen LogP contribution in [0.2, 0.25) is 0 Å². The summed E-state index contributed by atoms with van der Waals surface area (Å²) in [7, 11) is -2.90. The molecule has 1 aromatic carbocycles. The monoisotopic (exact) mass is 299 g/mol. The summed E-state index contributed by atoms with van der Waals surface area (Å²) in [5, 5.41) is 3.39. The van der Waals surface area contributed by atoms with Gasteiger partial charge in [0.25, 0.3) is 0 Å². The van der Waals surface area contributed by atoms with Crippen molar-refractivity contribution in [2.75, 3.05) is 18.1 Å². The molecule has 1 aliphatic rings. The van der Waals surface area contributed by atoms with Gasteiger partial charge in [-0.05, 0) is 43.4 Å². The lowest BCUT2D eigenvalue weighted by atomic mass is 9.92. The number of halogens is 1. The molecule has 1 aliphatic heterocycles. The van der Waals surface area contributed by atoms with Gasteiger partial charge in [0, 0.05) is 6.04 Å². The molecule has 2 rings (SSSR count). The van der Waals surface area contributed by atoms with Crippen molar-refractivity contribution in [2.45, 2.75) is 32.2 Å². The van der Waals surface area contributed by atoms with Crippen LogP contribution in [0.3, 0.4) is 0 Å². The van der Waals surface area contributed by atoms with Crippen LogP contribution < -0.4 is 5.32 Å². The Morgan fingerprint density at radius 1 is 1.40 bits per heavy atom. The number of benzene rings is 1. The van der Waals surface area contributed by atoms with Crippen LogP contribution in [-0.4, -0.2) is 32.5 Å². The Hall–Kier alpha value is -0.940. The fourth-order valence-electron chi connectivity index (χ4n) is 2.78. The predicted octanol–water partition coefficient (Wildman–Crippen LogP) is 2.17. The molecule has 1 N–H and O–H groups in total. The fraction of sp³-hybridized carbons (Fsp3) is 0.600. The Kier molecular flexibility index (Phi) is 5.16. The highest BCUT2D eigenvalue weighted by Gasteiger charge is 2.33. The van der Waals surface area contributed by atoms with Crippen LogP contribution >= 0.6 is 0 Å². The van der Waals surface area contributed by atoms with Crippen LogP contribution in [0.15, 0.2) is 24.3 Å². The van der Waals surface area contributed by atoms with Gasteiger partial charge in [0.2, 0.25) is 0 Å². The van der Waals surface area contributed by atoms with E-state index < -0.39 is 9.84 Å². The minimum Gasteiger partial charge on any atom is -0.313 e. The first-order valence-electron chi connectivity index (χ1n) is 7.19. The molecule has 2 atom stereocenters. The second kappa shape index (κ2) is 6.68. The Labute approximate surface area is 120 Å². The first-order chi connectivity index (χ1) is 9.52. The van der Waals surface area contributed by atoms with Crippen molar-refractivity contribution >= 4 is 9.84 Å². The van der Waals surface area contributed by atoms with Crippen LogP contribution in [0.1, 0.15) is 25.3 Å². The standard InChI is InChI=1S/C15H22FNO2S/c1-2-8-17-15(13-7-9-20(18,19)11-13)10-12-5-3-4-6-14(12)16/h3-6,13,15,17H,2,7-11H2,1H3. The summed E-state index contributed by atoms with van der Waals surface area (Å²) >= 11 is 0. The lowest BCUT2D eigenvalue weighted by Gasteiger charge is -2.24. The van der Waals surface area contributed by atoms with Gasteiger partial charge in [-0.1, -0.05) is 25.1 Å². The number of hydrogen-bond donors (Lipinski definition) is 1. The Morgan fingerprint density at radius 2 is 2.15 bits per heavy atom. The lowest BCUT2D eigenvalue weighted by molar-refractivity contribution is 0.375. The number of hydrogen-bond acceptors (Lipinski definition) is 3. The molecule has 112 valence electrons. The molecule has 0 aromatic heterocycles. The van der Waals surface area contributed by atoms with Crippen molar-refractivity contribution in [3.05, 3.63) is 35.6 Å². The van der Waals surface area contributed by atoms with E-state index in [1.807, 2.05) is 6.07 Å². The van der Waals surface area contributed by atoms with Gasteiger partial charge in [-0.3, -0.25) is 0 Å². The molecule has 1 aromatic rings. The van der Waals surface area contributed by atoms with Crippen LogP contribution in [-0.2, 0) is 16.3 Å². The summed E-state index contributed by atoms with van der Waals surface area (Å²) < 4.78 is 37.0. The van der Waals surface area contributed by atoms with Crippen molar-refractivity contribution in [1.82, 2.24) is 5.32 Å². The Balaban J connectivity index is 2.10. The Bertz CT molecular complexity index is 545. The fourth-order valence-corrected chi connectivity index (χ4v) is 4.66. The van der Waals surface area contributed by atoms with Gasteiger partial charge in [-0.15, -0.1) is 0 Å². The molecule has 1 heterocycles. The highest BCUT2D eigenvalue weighted by molar-refractivity contribution is 7.91. The van der Waals surface area contributed by atoms with E-state index in [1.165, 1.54) is 6.07 Å². The maximum Gasteiger partial charge on any atom is 0.150 e. The SMILES string of the molecule is CCCNC(Cc1ccccc1F)C1CCS(=O)(=O)C1. The van der Waals surface area contributed by atoms with Crippen molar-refractivity contribution in [2.24, 2.45) is 5.92 Å². The maximum absolute atomic E-state index is 13.8. The first-order valence-corrected chi connectivity index (χ1v) is 9.01. The predicted molar refractivity (Wildman–Crippen MR) is 78.9 cm³/mol. The van der Waals surface area contributed by atoms with Gasteiger partial charge >= 0.3 is 0 Å². The van der Waals surface area contributed by atoms with E-state index >= 15 is 0 Å². The van der Waals surface area contributed by atoms with Crippen LogP contribution in [0, 0.1) is 11.7 Å². The summed E-state index contributed by atoms with van der Waals surface area (Å²) in [5.74, 6) is 0.366. The molecule has 0 amide bonds. The average Bonchev–Trinajstić information content (AvgIpc) is 2.77. The molecule has 0 radical (unpaired) electrons. The Morgan fingerprint density at radius 3 is 2.75 bits per heavy atom. The van der Waals surface area contributed by atoms with E-state index in [0.29, 0.717) is 18.4 Å². The molecular weight excluding hydrogens is 277 g/mol. The molecule has 0 spiro atoms. The first kappa shape index (κ1) is 15.4. The van der Waals surface area contributed by atoms with E-state index in [2.05, 4.69) is 12.2 Å². The zero-order chi connectivity index (χ0) is 14.6. The summed E-state index contributed by atoms with van der Waals surface area (Å²) in [6.07, 6.45) is 2.21. The van der Waals surface area contributed by atoms with E-state index in [4.69, 9.17) is 0 Å². The van der Waals surface area contributed by atoms with E-state index in [0.717, 1.165) is 13.0 Å². The summed E-state index contributed by atoms with van der Waals surface area (Å²) in [5.41, 5.74) is 0.658. The molecule has 2 unspecified atom stereocenters. The van der Waals surface area contributed by atoms with Gasteiger partial charge in [-0.25, -0.2) is 12.8 Å². The number of nitrogens with one attached hydrogen (secondary N) is 1. The number of sulfone groups is 1. The molecule has 20 heavy (non-hydrogen) atoms. The second-order valence-electron chi connectivity index (χ2n) is 5.52. The minimum absolute atomic E-state index is 0.0316. The minimum atomic E-state index is -2.90. The zero-order valence-electron chi connectivity index (χ0n) is 11.8. The normalized spacial score (nSPS) is 22.8. The molecular formula is C15H22FNO2S. The number of rotatable bonds is 6. The highest BCUT2D eigenvalue weighted by Crippen LogP contribution is 2.24. The largest absolute Gasteiger partial charge is 0.313 e. The van der Waals surface area contributed by atoms with Crippen LogP contribution in [0.25, 0.3) is 0 Å². The molecule has 0 bridgehead atoms. The van der Waals surface area contributed by atoms with Gasteiger partial charge in [0.05, 0.1) is 11.5 Å². The quantitative estimate of drug-likeness (QED) is 0.875. The van der Waals surface area contributed by atoms with E-state index in [9.17, 15) is 12.8 Å². The molecule has 0 aliphatic carbocycles. The van der Waals surface area contributed by atoms with Crippen molar-refractivity contribution in [3.8, 4) is 0 Å². The third-order valence-corrected chi connectivity index (χ3v) is 5.68. The van der Waals surface area contributed by atoms with Crippen molar-refractivity contribution in [3.63, 3.8) is 0 Å². The van der Waals surface area contributed by atoms with Crippen molar-refractivity contribution < 1.29 is 12.8 Å². The zero-order valence-corrected chi connectivity index (χ0v) is 12.6. The molecule has 3 nitrogen and oxygen atoms in total.